The summed E-state index contributed by atoms with van der Waals surface area (Å²) in [5.74, 6) is 1.11. The lowest BCUT2D eigenvalue weighted by molar-refractivity contribution is -0.123. The Morgan fingerprint density at radius 1 is 1.24 bits per heavy atom. The molecule has 0 aromatic rings. The highest BCUT2D eigenvalue weighted by Gasteiger charge is 2.43. The van der Waals surface area contributed by atoms with Crippen LogP contribution in [-0.4, -0.2) is 17.7 Å². The number of thiol groups is 1. The van der Waals surface area contributed by atoms with Gasteiger partial charge in [-0.2, -0.15) is 12.6 Å². The molecule has 0 atom stereocenters. The topological polar surface area (TPSA) is 29.1 Å². The Morgan fingerprint density at radius 3 is 2.29 bits per heavy atom. The van der Waals surface area contributed by atoms with Crippen LogP contribution in [0, 0.1) is 10.8 Å². The van der Waals surface area contributed by atoms with Gasteiger partial charge in [-0.25, -0.2) is 0 Å². The SMILES string of the molecule is CC1(C)CCC(NC(=O)CC2(CS)CC2)CC1. The van der Waals surface area contributed by atoms with Crippen molar-refractivity contribution in [2.24, 2.45) is 10.8 Å². The normalized spacial score (nSPS) is 26.5. The molecule has 2 aliphatic carbocycles. The summed E-state index contributed by atoms with van der Waals surface area (Å²) in [7, 11) is 0. The molecule has 0 radical (unpaired) electrons. The van der Waals surface area contributed by atoms with Gasteiger partial charge in [0.25, 0.3) is 0 Å². The maximum Gasteiger partial charge on any atom is 0.220 e. The zero-order valence-electron chi connectivity index (χ0n) is 11.1. The standard InChI is InChI=1S/C14H25NOS/c1-13(2)5-3-11(4-6-13)15-12(16)9-14(10-17)7-8-14/h11,17H,3-10H2,1-2H3,(H,15,16). The number of nitrogens with one attached hydrogen (secondary N) is 1. The average molecular weight is 255 g/mol. The molecule has 98 valence electrons. The maximum absolute atomic E-state index is 11.9. The molecule has 0 aliphatic heterocycles. The van der Waals surface area contributed by atoms with Crippen LogP contribution in [0.25, 0.3) is 0 Å². The molecule has 0 aromatic heterocycles. The van der Waals surface area contributed by atoms with E-state index >= 15 is 0 Å². The molecule has 1 N–H and O–H groups in total. The van der Waals surface area contributed by atoms with Crippen molar-refractivity contribution in [2.45, 2.75) is 64.8 Å². The molecular formula is C14H25NOS. The first kappa shape index (κ1) is 13.3. The number of hydrogen-bond donors (Lipinski definition) is 2. The lowest BCUT2D eigenvalue weighted by Crippen LogP contribution is -2.40. The Bertz CT molecular complexity index is 287. The van der Waals surface area contributed by atoms with Crippen molar-refractivity contribution in [3.05, 3.63) is 0 Å². The number of amides is 1. The molecule has 3 heteroatoms. The van der Waals surface area contributed by atoms with Gasteiger partial charge >= 0.3 is 0 Å². The van der Waals surface area contributed by atoms with Gasteiger partial charge in [0.2, 0.25) is 5.91 Å². The highest BCUT2D eigenvalue weighted by atomic mass is 32.1. The smallest absolute Gasteiger partial charge is 0.220 e. The first-order chi connectivity index (χ1) is 7.95. The van der Waals surface area contributed by atoms with Crippen LogP contribution in [0.5, 0.6) is 0 Å². The Hall–Kier alpha value is -0.180. The van der Waals surface area contributed by atoms with Crippen LogP contribution in [0.15, 0.2) is 0 Å². The van der Waals surface area contributed by atoms with Gasteiger partial charge in [-0.15, -0.1) is 0 Å². The minimum Gasteiger partial charge on any atom is -0.353 e. The largest absolute Gasteiger partial charge is 0.353 e. The van der Waals surface area contributed by atoms with Crippen molar-refractivity contribution < 1.29 is 4.79 Å². The van der Waals surface area contributed by atoms with E-state index in [1.165, 1.54) is 25.7 Å². The van der Waals surface area contributed by atoms with Crippen molar-refractivity contribution in [3.8, 4) is 0 Å². The molecule has 0 saturated heterocycles. The van der Waals surface area contributed by atoms with Crippen LogP contribution < -0.4 is 5.32 Å². The van der Waals surface area contributed by atoms with Gasteiger partial charge < -0.3 is 5.32 Å². The Balaban J connectivity index is 1.73. The van der Waals surface area contributed by atoms with Crippen LogP contribution >= 0.6 is 12.6 Å². The lowest BCUT2D eigenvalue weighted by Gasteiger charge is -2.34. The van der Waals surface area contributed by atoms with Crippen LogP contribution in [0.3, 0.4) is 0 Å². The summed E-state index contributed by atoms with van der Waals surface area (Å²) in [5.41, 5.74) is 0.727. The zero-order chi connectivity index (χ0) is 12.5. The fourth-order valence-electron chi connectivity index (χ4n) is 2.73. The molecule has 0 heterocycles. The van der Waals surface area contributed by atoms with Gasteiger partial charge in [-0.3, -0.25) is 4.79 Å². The van der Waals surface area contributed by atoms with E-state index in [1.807, 2.05) is 0 Å². The summed E-state index contributed by atoms with van der Waals surface area (Å²) in [6, 6.07) is 0.422. The third-order valence-electron chi connectivity index (χ3n) is 4.53. The van der Waals surface area contributed by atoms with Crippen LogP contribution in [0.4, 0.5) is 0 Å². The highest BCUT2D eigenvalue weighted by Crippen LogP contribution is 2.49. The second kappa shape index (κ2) is 4.83. The lowest BCUT2D eigenvalue weighted by atomic mass is 9.75. The Kier molecular flexibility index (Phi) is 3.77. The summed E-state index contributed by atoms with van der Waals surface area (Å²) in [5, 5.41) is 3.21. The molecule has 2 saturated carbocycles. The first-order valence-corrected chi connectivity index (χ1v) is 7.48. The fourth-order valence-corrected chi connectivity index (χ4v) is 3.16. The number of rotatable bonds is 4. The Morgan fingerprint density at radius 2 is 1.82 bits per heavy atom. The maximum atomic E-state index is 11.9. The molecule has 0 unspecified atom stereocenters. The molecule has 0 aromatic carbocycles. The molecule has 2 aliphatic rings. The summed E-state index contributed by atoms with van der Waals surface area (Å²) >= 11 is 4.35. The summed E-state index contributed by atoms with van der Waals surface area (Å²) < 4.78 is 0. The number of hydrogen-bond acceptors (Lipinski definition) is 2. The van der Waals surface area contributed by atoms with E-state index in [9.17, 15) is 4.79 Å². The summed E-state index contributed by atoms with van der Waals surface area (Å²) in [4.78, 5) is 11.9. The number of carbonyl (C=O) groups is 1. The zero-order valence-corrected chi connectivity index (χ0v) is 12.0. The van der Waals surface area contributed by atoms with Crippen molar-refractivity contribution in [2.75, 3.05) is 5.75 Å². The monoisotopic (exact) mass is 255 g/mol. The van der Waals surface area contributed by atoms with Crippen molar-refractivity contribution >= 4 is 18.5 Å². The predicted octanol–water partition coefficient (Wildman–Crippen LogP) is 3.17. The third kappa shape index (κ3) is 3.64. The third-order valence-corrected chi connectivity index (χ3v) is 5.20. The second-order valence-corrected chi connectivity index (χ2v) is 7.16. The van der Waals surface area contributed by atoms with Gasteiger partial charge in [0.15, 0.2) is 0 Å². The molecule has 0 spiro atoms. The van der Waals surface area contributed by atoms with Gasteiger partial charge in [0, 0.05) is 12.5 Å². The molecule has 2 rings (SSSR count). The quantitative estimate of drug-likeness (QED) is 0.742. The van der Waals surface area contributed by atoms with Crippen molar-refractivity contribution in [1.29, 1.82) is 0 Å². The van der Waals surface area contributed by atoms with Crippen LogP contribution in [0.1, 0.15) is 58.8 Å². The molecule has 17 heavy (non-hydrogen) atoms. The van der Waals surface area contributed by atoms with E-state index in [2.05, 4.69) is 31.8 Å². The minimum absolute atomic E-state index is 0.251. The van der Waals surface area contributed by atoms with Gasteiger partial charge in [0.1, 0.15) is 0 Å². The van der Waals surface area contributed by atoms with E-state index in [0.29, 0.717) is 17.9 Å². The van der Waals surface area contributed by atoms with E-state index in [-0.39, 0.29) is 11.3 Å². The van der Waals surface area contributed by atoms with Crippen molar-refractivity contribution in [3.63, 3.8) is 0 Å². The second-order valence-electron chi connectivity index (χ2n) is 6.84. The van der Waals surface area contributed by atoms with E-state index in [1.54, 1.807) is 0 Å². The van der Waals surface area contributed by atoms with Gasteiger partial charge in [0.05, 0.1) is 0 Å². The van der Waals surface area contributed by atoms with E-state index in [0.717, 1.165) is 18.6 Å². The molecule has 0 bridgehead atoms. The summed E-state index contributed by atoms with van der Waals surface area (Å²) in [6.07, 6.45) is 7.81. The number of carbonyl (C=O) groups excluding carboxylic acids is 1. The van der Waals surface area contributed by atoms with E-state index < -0.39 is 0 Å². The van der Waals surface area contributed by atoms with Crippen molar-refractivity contribution in [1.82, 2.24) is 5.32 Å². The molecule has 1 amide bonds. The van der Waals surface area contributed by atoms with Gasteiger partial charge in [-0.1, -0.05) is 13.8 Å². The van der Waals surface area contributed by atoms with E-state index in [4.69, 9.17) is 0 Å². The average Bonchev–Trinajstić information content (AvgIpc) is 3.02. The predicted molar refractivity (Wildman–Crippen MR) is 74.3 cm³/mol. The first-order valence-electron chi connectivity index (χ1n) is 6.85. The molecule has 2 fully saturated rings. The minimum atomic E-state index is 0.251. The van der Waals surface area contributed by atoms with Gasteiger partial charge in [-0.05, 0) is 55.1 Å². The molecule has 2 nitrogen and oxygen atoms in total. The highest BCUT2D eigenvalue weighted by molar-refractivity contribution is 7.80. The Labute approximate surface area is 110 Å². The fraction of sp³-hybridized carbons (Fsp3) is 0.929. The summed E-state index contributed by atoms with van der Waals surface area (Å²) in [6.45, 7) is 4.65. The van der Waals surface area contributed by atoms with Crippen LogP contribution in [0.2, 0.25) is 0 Å². The molecular weight excluding hydrogens is 230 g/mol. The van der Waals surface area contributed by atoms with Crippen LogP contribution in [-0.2, 0) is 4.79 Å².